The summed E-state index contributed by atoms with van der Waals surface area (Å²) in [6.07, 6.45) is 7.06. The molecular weight excluding hydrogens is 456 g/mol. The Balaban J connectivity index is 4.44. The van der Waals surface area contributed by atoms with Gasteiger partial charge in [-0.25, -0.2) is 19.2 Å². The molecule has 0 radical (unpaired) electrons. The van der Waals surface area contributed by atoms with E-state index < -0.39 is 35.6 Å². The molecule has 0 bridgehead atoms. The third-order valence-electron chi connectivity index (χ3n) is 5.75. The predicted molar refractivity (Wildman–Crippen MR) is 130 cm³/mol. The molecule has 0 aliphatic heterocycles. The van der Waals surface area contributed by atoms with Crippen molar-refractivity contribution in [2.45, 2.75) is 118 Å². The molecule has 0 saturated heterocycles. The third kappa shape index (κ3) is 15.4. The Bertz CT molecular complexity index is 645. The molecule has 0 N–H and O–H groups in total. The predicted octanol–water partition coefficient (Wildman–Crippen LogP) is 5.08. The van der Waals surface area contributed by atoms with Crippen LogP contribution in [0.15, 0.2) is 0 Å². The number of hydrogen-bond acceptors (Lipinski definition) is 9. The van der Waals surface area contributed by atoms with Crippen LogP contribution in [0.25, 0.3) is 0 Å². The van der Waals surface area contributed by atoms with Crippen molar-refractivity contribution in [2.24, 2.45) is 11.8 Å². The maximum absolute atomic E-state index is 12.0. The Morgan fingerprint density at radius 3 is 1.60 bits per heavy atom. The summed E-state index contributed by atoms with van der Waals surface area (Å²) in [4.78, 5) is 57.5. The number of carbonyl (C=O) groups is 4. The van der Waals surface area contributed by atoms with Crippen LogP contribution in [0.5, 0.6) is 0 Å². The molecule has 35 heavy (non-hydrogen) atoms. The molecule has 3 atom stereocenters. The molecule has 204 valence electrons. The molecule has 9 heteroatoms. The van der Waals surface area contributed by atoms with Crippen LogP contribution in [0.3, 0.4) is 0 Å². The summed E-state index contributed by atoms with van der Waals surface area (Å²) >= 11 is 0. The van der Waals surface area contributed by atoms with E-state index in [0.29, 0.717) is 0 Å². The van der Waals surface area contributed by atoms with Gasteiger partial charge in [0.15, 0.2) is 0 Å². The van der Waals surface area contributed by atoms with Crippen molar-refractivity contribution in [3.63, 3.8) is 0 Å². The number of rotatable bonds is 17. The van der Waals surface area contributed by atoms with Crippen molar-refractivity contribution in [1.29, 1.82) is 0 Å². The highest BCUT2D eigenvalue weighted by Gasteiger charge is 2.31. The van der Waals surface area contributed by atoms with E-state index in [0.717, 1.165) is 51.4 Å². The molecule has 0 amide bonds. The maximum Gasteiger partial charge on any atom is 0.449 e. The minimum Gasteiger partial charge on any atom is -0.457 e. The number of unbranched alkanes of at least 4 members (excludes halogenated alkanes) is 2. The molecule has 0 saturated carbocycles. The van der Waals surface area contributed by atoms with Crippen LogP contribution in [0.4, 0.5) is 0 Å². The first kappa shape index (κ1) is 32.8. The van der Waals surface area contributed by atoms with Crippen molar-refractivity contribution in [2.75, 3.05) is 13.2 Å². The van der Waals surface area contributed by atoms with E-state index in [4.69, 9.17) is 19.1 Å². The molecule has 0 aromatic carbocycles. The monoisotopic (exact) mass is 502 g/mol. The summed E-state index contributed by atoms with van der Waals surface area (Å²) in [6.45, 7) is 13.3. The minimum absolute atomic E-state index is 0.0946. The first-order valence-electron chi connectivity index (χ1n) is 12.9. The average molecular weight is 503 g/mol. The number of carbonyl (C=O) groups excluding carboxylic acids is 4. The smallest absolute Gasteiger partial charge is 0.449 e. The third-order valence-corrected chi connectivity index (χ3v) is 5.75. The van der Waals surface area contributed by atoms with E-state index in [9.17, 15) is 19.2 Å². The normalized spacial score (nSPS) is 13.9. The van der Waals surface area contributed by atoms with Gasteiger partial charge in [0.05, 0.1) is 13.2 Å². The van der Waals surface area contributed by atoms with Gasteiger partial charge in [0.1, 0.15) is 11.7 Å². The van der Waals surface area contributed by atoms with Crippen LogP contribution in [0, 0.1) is 11.8 Å². The molecule has 0 aliphatic carbocycles. The lowest BCUT2D eigenvalue weighted by Crippen LogP contribution is -2.35. The van der Waals surface area contributed by atoms with Crippen LogP contribution in [0.1, 0.15) is 106 Å². The van der Waals surface area contributed by atoms with Gasteiger partial charge in [0.2, 0.25) is 0 Å². The molecular formula is C26H46O9. The summed E-state index contributed by atoms with van der Waals surface area (Å²) in [5.74, 6) is -4.11. The highest BCUT2D eigenvalue weighted by atomic mass is 17.2. The lowest BCUT2D eigenvalue weighted by atomic mass is 10.0. The Kier molecular flexibility index (Phi) is 17.0. The average Bonchev–Trinajstić information content (AvgIpc) is 2.81. The van der Waals surface area contributed by atoms with Crippen molar-refractivity contribution < 1.29 is 43.2 Å². The Hall–Kier alpha value is -2.16. The highest BCUT2D eigenvalue weighted by Crippen LogP contribution is 2.20. The second-order valence-electron chi connectivity index (χ2n) is 9.66. The van der Waals surface area contributed by atoms with Crippen molar-refractivity contribution in [1.82, 2.24) is 0 Å². The second kappa shape index (κ2) is 18.2. The fraction of sp³-hybridized carbons (Fsp3) is 0.846. The number of esters is 3. The molecule has 0 rings (SSSR count). The van der Waals surface area contributed by atoms with Crippen LogP contribution in [-0.4, -0.2) is 48.8 Å². The van der Waals surface area contributed by atoms with E-state index >= 15 is 0 Å². The highest BCUT2D eigenvalue weighted by molar-refractivity contribution is 6.30. The Labute approximate surface area is 210 Å². The van der Waals surface area contributed by atoms with E-state index in [1.165, 1.54) is 0 Å². The van der Waals surface area contributed by atoms with E-state index in [2.05, 4.69) is 18.7 Å². The van der Waals surface area contributed by atoms with Gasteiger partial charge in [-0.3, -0.25) is 4.89 Å². The molecule has 0 aromatic heterocycles. The van der Waals surface area contributed by atoms with Gasteiger partial charge < -0.3 is 14.2 Å². The summed E-state index contributed by atoms with van der Waals surface area (Å²) < 4.78 is 15.3. The van der Waals surface area contributed by atoms with Gasteiger partial charge in [-0.15, -0.1) is 0 Å². The van der Waals surface area contributed by atoms with Gasteiger partial charge in [0.25, 0.3) is 0 Å². The zero-order valence-corrected chi connectivity index (χ0v) is 22.7. The first-order chi connectivity index (χ1) is 16.5. The largest absolute Gasteiger partial charge is 0.457 e. The van der Waals surface area contributed by atoms with Gasteiger partial charge in [-0.2, -0.15) is 4.89 Å². The lowest BCUT2D eigenvalue weighted by molar-refractivity contribution is -0.327. The molecule has 0 heterocycles. The van der Waals surface area contributed by atoms with E-state index in [1.54, 1.807) is 20.8 Å². The van der Waals surface area contributed by atoms with Crippen molar-refractivity contribution in [3.8, 4) is 0 Å². The van der Waals surface area contributed by atoms with Gasteiger partial charge in [-0.05, 0) is 45.4 Å². The summed E-state index contributed by atoms with van der Waals surface area (Å²) in [7, 11) is 0. The van der Waals surface area contributed by atoms with E-state index in [-0.39, 0.29) is 31.5 Å². The maximum atomic E-state index is 12.0. The number of ether oxygens (including phenoxy) is 3. The second-order valence-corrected chi connectivity index (χ2v) is 9.66. The molecule has 0 aromatic rings. The van der Waals surface area contributed by atoms with Crippen molar-refractivity contribution >= 4 is 23.9 Å². The fourth-order valence-electron chi connectivity index (χ4n) is 3.48. The van der Waals surface area contributed by atoms with E-state index in [1.807, 2.05) is 13.8 Å². The summed E-state index contributed by atoms with van der Waals surface area (Å²) in [6, 6.07) is 0. The quantitative estimate of drug-likeness (QED) is 0.0882. The molecule has 0 fully saturated rings. The van der Waals surface area contributed by atoms with Crippen LogP contribution in [0.2, 0.25) is 0 Å². The SMILES string of the molecule is CCCCC(CC)COC(=O)C(=O)OOC(C)(C)CC(C)OC(=O)C(=O)OCC(CC)CCCC. The topological polar surface area (TPSA) is 114 Å². The number of hydrogen-bond donors (Lipinski definition) is 0. The lowest BCUT2D eigenvalue weighted by Gasteiger charge is -2.25. The first-order valence-corrected chi connectivity index (χ1v) is 12.9. The fourth-order valence-corrected chi connectivity index (χ4v) is 3.48. The van der Waals surface area contributed by atoms with Gasteiger partial charge in [0, 0.05) is 6.42 Å². The molecule has 9 nitrogen and oxygen atoms in total. The van der Waals surface area contributed by atoms with Gasteiger partial charge >= 0.3 is 23.9 Å². The van der Waals surface area contributed by atoms with Crippen LogP contribution < -0.4 is 0 Å². The Morgan fingerprint density at radius 2 is 1.17 bits per heavy atom. The van der Waals surface area contributed by atoms with Crippen LogP contribution >= 0.6 is 0 Å². The summed E-state index contributed by atoms with van der Waals surface area (Å²) in [5, 5.41) is 0. The van der Waals surface area contributed by atoms with Crippen LogP contribution in [-0.2, 0) is 43.2 Å². The molecule has 0 spiro atoms. The Morgan fingerprint density at radius 1 is 0.714 bits per heavy atom. The molecule has 0 aliphatic rings. The minimum atomic E-state index is -1.26. The zero-order valence-electron chi connectivity index (χ0n) is 22.7. The van der Waals surface area contributed by atoms with Crippen molar-refractivity contribution in [3.05, 3.63) is 0 Å². The summed E-state index contributed by atoms with van der Waals surface area (Å²) in [5.41, 5.74) is -1.10. The molecule has 3 unspecified atom stereocenters. The standard InChI is InChI=1S/C26H46O9/c1-8-12-14-20(10-3)17-31-22(27)24(29)33-19(5)16-26(6,7)35-34-25(30)23(28)32-18-21(11-4)15-13-9-2/h19-21H,8-18H2,1-7H3. The van der Waals surface area contributed by atoms with Gasteiger partial charge in [-0.1, -0.05) is 66.2 Å². The zero-order chi connectivity index (χ0) is 26.9.